The van der Waals surface area contributed by atoms with Gasteiger partial charge in [0.25, 0.3) is 11.1 Å². The van der Waals surface area contributed by atoms with E-state index in [0.717, 1.165) is 22.2 Å². The zero-order valence-electron chi connectivity index (χ0n) is 22.0. The Morgan fingerprint density at radius 2 is 1.73 bits per heavy atom. The Morgan fingerprint density at radius 1 is 1.05 bits per heavy atom. The van der Waals surface area contributed by atoms with Crippen LogP contribution >= 0.6 is 11.8 Å². The first kappa shape index (κ1) is 29.3. The molecule has 13 heteroatoms. The summed E-state index contributed by atoms with van der Waals surface area (Å²) in [7, 11) is -1.22. The number of hydrogen-bond acceptors (Lipinski definition) is 9. The molecule has 40 heavy (non-hydrogen) atoms. The molecule has 1 N–H and O–H groups in total. The normalized spacial score (nSPS) is 17.8. The van der Waals surface area contributed by atoms with Gasteiger partial charge in [-0.1, -0.05) is 24.3 Å². The van der Waals surface area contributed by atoms with E-state index in [-0.39, 0.29) is 55.4 Å². The van der Waals surface area contributed by atoms with E-state index < -0.39 is 33.1 Å². The van der Waals surface area contributed by atoms with Crippen LogP contribution in [0.1, 0.15) is 28.8 Å². The summed E-state index contributed by atoms with van der Waals surface area (Å²) < 4.78 is 37.5. The molecule has 2 heterocycles. The maximum atomic E-state index is 13.2. The highest BCUT2D eigenvalue weighted by Crippen LogP contribution is 2.32. The number of carbonyl (C=O) groups is 4. The summed E-state index contributed by atoms with van der Waals surface area (Å²) in [6.07, 6.45) is 2.21. The van der Waals surface area contributed by atoms with Gasteiger partial charge in [0.15, 0.2) is 0 Å². The monoisotopic (exact) mass is 587 g/mol. The van der Waals surface area contributed by atoms with Gasteiger partial charge in [0.1, 0.15) is 5.75 Å². The van der Waals surface area contributed by atoms with Gasteiger partial charge in [0.05, 0.1) is 29.6 Å². The Hall–Kier alpha value is -3.68. The van der Waals surface area contributed by atoms with Gasteiger partial charge in [0, 0.05) is 32.1 Å². The van der Waals surface area contributed by atoms with Crippen LogP contribution in [-0.4, -0.2) is 81.0 Å². The molecule has 2 fully saturated rings. The Kier molecular flexibility index (Phi) is 9.28. The minimum atomic E-state index is -3.96. The van der Waals surface area contributed by atoms with Gasteiger partial charge in [0.2, 0.25) is 15.9 Å². The molecule has 0 aliphatic carbocycles. The Balaban J connectivity index is 1.28. The van der Waals surface area contributed by atoms with Crippen LogP contribution in [0.3, 0.4) is 0 Å². The van der Waals surface area contributed by atoms with E-state index >= 15 is 0 Å². The summed E-state index contributed by atoms with van der Waals surface area (Å²) in [5.74, 6) is -1.19. The number of esters is 1. The number of benzene rings is 2. The van der Waals surface area contributed by atoms with E-state index in [1.54, 1.807) is 43.5 Å². The Bertz CT molecular complexity index is 1430. The summed E-state index contributed by atoms with van der Waals surface area (Å²) >= 11 is 0.841. The van der Waals surface area contributed by atoms with E-state index in [1.807, 2.05) is 0 Å². The number of rotatable bonds is 9. The molecule has 2 saturated heterocycles. The number of sulfonamides is 1. The molecular formula is C27H29N3O8S2. The molecule has 2 aromatic rings. The highest BCUT2D eigenvalue weighted by Gasteiger charge is 2.36. The smallest absolute Gasteiger partial charge is 0.339 e. The molecular weight excluding hydrogens is 558 g/mol. The molecule has 0 atom stereocenters. The van der Waals surface area contributed by atoms with Crippen molar-refractivity contribution in [3.05, 3.63) is 64.6 Å². The third-order valence-corrected chi connectivity index (χ3v) is 9.52. The van der Waals surface area contributed by atoms with E-state index in [4.69, 9.17) is 9.47 Å². The molecule has 0 radical (unpaired) electrons. The average Bonchev–Trinajstić information content (AvgIpc) is 3.24. The lowest BCUT2D eigenvalue weighted by atomic mass is 9.97. The average molecular weight is 588 g/mol. The van der Waals surface area contributed by atoms with Crippen molar-refractivity contribution in [2.45, 2.75) is 17.7 Å². The molecule has 0 bridgehead atoms. The number of piperidine rings is 1. The van der Waals surface area contributed by atoms with Crippen molar-refractivity contribution >= 4 is 50.9 Å². The Labute approximate surface area is 236 Å². The SMILES string of the molecule is COC(=O)c1ccccc1S(=O)(=O)N1CCC(C(=O)NCCN2C(=O)SC(=Cc3ccc(OC)cc3)C2=O)CC1. The maximum Gasteiger partial charge on any atom is 0.339 e. The van der Waals surface area contributed by atoms with Crippen LogP contribution in [0, 0.1) is 5.92 Å². The van der Waals surface area contributed by atoms with Crippen LogP contribution in [0.25, 0.3) is 6.08 Å². The summed E-state index contributed by atoms with van der Waals surface area (Å²) in [5, 5.41) is 2.35. The summed E-state index contributed by atoms with van der Waals surface area (Å²) in [5.41, 5.74) is 0.706. The fourth-order valence-corrected chi connectivity index (χ4v) is 6.96. The maximum absolute atomic E-state index is 13.2. The van der Waals surface area contributed by atoms with E-state index in [9.17, 15) is 27.6 Å². The first-order valence-corrected chi connectivity index (χ1v) is 14.8. The highest BCUT2D eigenvalue weighted by atomic mass is 32.2. The highest BCUT2D eigenvalue weighted by molar-refractivity contribution is 8.18. The summed E-state index contributed by atoms with van der Waals surface area (Å²) in [6, 6.07) is 12.9. The molecule has 4 rings (SSSR count). The topological polar surface area (TPSA) is 139 Å². The van der Waals surface area contributed by atoms with Gasteiger partial charge < -0.3 is 14.8 Å². The molecule has 0 spiro atoms. The summed E-state index contributed by atoms with van der Waals surface area (Å²) in [6.45, 7) is 0.315. The van der Waals surface area contributed by atoms with Gasteiger partial charge in [-0.2, -0.15) is 4.31 Å². The van der Waals surface area contributed by atoms with Gasteiger partial charge >= 0.3 is 5.97 Å². The number of thioether (sulfide) groups is 1. The van der Waals surface area contributed by atoms with Crippen LogP contribution in [0.5, 0.6) is 5.75 Å². The van der Waals surface area contributed by atoms with Crippen LogP contribution in [0.15, 0.2) is 58.3 Å². The molecule has 0 unspecified atom stereocenters. The van der Waals surface area contributed by atoms with Crippen molar-refractivity contribution in [1.82, 2.24) is 14.5 Å². The first-order chi connectivity index (χ1) is 19.1. The van der Waals surface area contributed by atoms with E-state index in [0.29, 0.717) is 10.7 Å². The van der Waals surface area contributed by atoms with Crippen LogP contribution in [-0.2, 0) is 24.3 Å². The number of carbonyl (C=O) groups excluding carboxylic acids is 4. The van der Waals surface area contributed by atoms with Crippen molar-refractivity contribution in [3.8, 4) is 5.75 Å². The predicted molar refractivity (Wildman–Crippen MR) is 148 cm³/mol. The quantitative estimate of drug-likeness (QED) is 0.347. The molecule has 0 saturated carbocycles. The van der Waals surface area contributed by atoms with Crippen molar-refractivity contribution < 1.29 is 37.1 Å². The predicted octanol–water partition coefficient (Wildman–Crippen LogP) is 2.74. The number of nitrogens with zero attached hydrogens (tertiary/aromatic N) is 2. The number of amides is 3. The number of nitrogens with one attached hydrogen (secondary N) is 1. The zero-order valence-corrected chi connectivity index (χ0v) is 23.6. The minimum Gasteiger partial charge on any atom is -0.497 e. The lowest BCUT2D eigenvalue weighted by Crippen LogP contribution is -2.44. The molecule has 3 amide bonds. The standard InChI is InChI=1S/C27H29N3O8S2/c1-37-20-9-7-18(8-10-20)17-22-25(32)30(27(34)39-22)16-13-28-24(31)19-11-14-29(15-12-19)40(35,36)23-6-4-3-5-21(23)26(33)38-2/h3-10,17,19H,11-16H2,1-2H3,(H,28,31). The molecule has 11 nitrogen and oxygen atoms in total. The molecule has 2 aliphatic heterocycles. The minimum absolute atomic E-state index is 0.0217. The molecule has 2 aliphatic rings. The number of hydrogen-bond donors (Lipinski definition) is 1. The molecule has 212 valence electrons. The van der Waals surface area contributed by atoms with Crippen LogP contribution in [0.2, 0.25) is 0 Å². The second kappa shape index (κ2) is 12.7. The van der Waals surface area contributed by atoms with E-state index in [1.165, 1.54) is 29.6 Å². The van der Waals surface area contributed by atoms with E-state index in [2.05, 4.69) is 5.32 Å². The fourth-order valence-electron chi connectivity index (χ4n) is 4.45. The Morgan fingerprint density at radius 3 is 2.38 bits per heavy atom. The number of methoxy groups -OCH3 is 2. The van der Waals surface area contributed by atoms with Crippen LogP contribution in [0.4, 0.5) is 4.79 Å². The first-order valence-electron chi connectivity index (χ1n) is 12.5. The number of imide groups is 1. The van der Waals surface area contributed by atoms with Crippen LogP contribution < -0.4 is 10.1 Å². The van der Waals surface area contributed by atoms with Crippen molar-refractivity contribution in [2.24, 2.45) is 5.92 Å². The van der Waals surface area contributed by atoms with Crippen molar-refractivity contribution in [2.75, 3.05) is 40.4 Å². The second-order valence-corrected chi connectivity index (χ2v) is 12.0. The largest absolute Gasteiger partial charge is 0.497 e. The van der Waals surface area contributed by atoms with Gasteiger partial charge in [-0.3, -0.25) is 19.3 Å². The van der Waals surface area contributed by atoms with Gasteiger partial charge in [-0.25, -0.2) is 13.2 Å². The third-order valence-electron chi connectivity index (χ3n) is 6.66. The lowest BCUT2D eigenvalue weighted by Gasteiger charge is -2.31. The second-order valence-electron chi connectivity index (χ2n) is 9.06. The summed E-state index contributed by atoms with van der Waals surface area (Å²) in [4.78, 5) is 51.2. The van der Waals surface area contributed by atoms with Gasteiger partial charge in [-0.05, 0) is 60.5 Å². The third kappa shape index (κ3) is 6.37. The number of ether oxygens (including phenoxy) is 2. The molecule has 0 aromatic heterocycles. The molecule has 2 aromatic carbocycles. The lowest BCUT2D eigenvalue weighted by molar-refractivity contribution is -0.127. The van der Waals surface area contributed by atoms with Crippen molar-refractivity contribution in [3.63, 3.8) is 0 Å². The zero-order chi connectivity index (χ0) is 28.9. The fraction of sp³-hybridized carbons (Fsp3) is 0.333. The van der Waals surface area contributed by atoms with Crippen molar-refractivity contribution in [1.29, 1.82) is 0 Å². The van der Waals surface area contributed by atoms with Gasteiger partial charge in [-0.15, -0.1) is 0 Å².